The molecule has 1 aliphatic rings. The van der Waals surface area contributed by atoms with Crippen molar-refractivity contribution in [3.63, 3.8) is 0 Å². The number of carbonyl (C=O) groups excluding carboxylic acids is 1. The third kappa shape index (κ3) is 4.08. The molecular formula is C21H28N4O3. The van der Waals surface area contributed by atoms with Crippen molar-refractivity contribution < 1.29 is 4.79 Å². The van der Waals surface area contributed by atoms with Crippen LogP contribution in [0, 0.1) is 0 Å². The number of H-pyrrole nitrogens is 1. The molecule has 2 aromatic heterocycles. The van der Waals surface area contributed by atoms with Crippen LogP contribution in [0.1, 0.15) is 74.8 Å². The molecule has 0 aliphatic heterocycles. The Bertz CT molecular complexity index is 1030. The average Bonchev–Trinajstić information content (AvgIpc) is 2.68. The zero-order valence-corrected chi connectivity index (χ0v) is 16.8. The van der Waals surface area contributed by atoms with Crippen molar-refractivity contribution in [3.05, 3.63) is 49.8 Å². The van der Waals surface area contributed by atoms with Gasteiger partial charge < -0.3 is 5.32 Å². The van der Waals surface area contributed by atoms with Gasteiger partial charge in [-0.15, -0.1) is 0 Å². The summed E-state index contributed by atoms with van der Waals surface area (Å²) in [4.78, 5) is 44.4. The second-order valence-corrected chi connectivity index (χ2v) is 7.57. The largest absolute Gasteiger partial charge is 0.352 e. The van der Waals surface area contributed by atoms with E-state index in [2.05, 4.69) is 21.4 Å². The minimum Gasteiger partial charge on any atom is -0.352 e. The summed E-state index contributed by atoms with van der Waals surface area (Å²) >= 11 is 0. The fourth-order valence-electron chi connectivity index (χ4n) is 3.63. The van der Waals surface area contributed by atoms with Gasteiger partial charge in [0.1, 0.15) is 0 Å². The molecule has 0 aromatic carbocycles. The topological polar surface area (TPSA) is 96.9 Å². The summed E-state index contributed by atoms with van der Waals surface area (Å²) in [7, 11) is 0. The average molecular weight is 384 g/mol. The van der Waals surface area contributed by atoms with Crippen molar-refractivity contribution in [2.75, 3.05) is 6.54 Å². The van der Waals surface area contributed by atoms with Gasteiger partial charge in [-0.05, 0) is 51.0 Å². The number of fused-ring (bicyclic) bond motifs is 1. The third-order valence-corrected chi connectivity index (χ3v) is 5.24. The predicted molar refractivity (Wildman–Crippen MR) is 110 cm³/mol. The number of aromatic nitrogens is 3. The Morgan fingerprint density at radius 3 is 2.75 bits per heavy atom. The highest BCUT2D eigenvalue weighted by molar-refractivity contribution is 6.05. The SMILES string of the molecule is CCn1c(=O)[nH]c(=O)c2c(C(=O)NCCC3=CCCCC3)cc(C(C)C)nc21. The quantitative estimate of drug-likeness (QED) is 0.749. The third-order valence-electron chi connectivity index (χ3n) is 5.24. The molecule has 0 atom stereocenters. The minimum atomic E-state index is -0.576. The van der Waals surface area contributed by atoms with Crippen LogP contribution in [-0.2, 0) is 6.54 Å². The van der Waals surface area contributed by atoms with Crippen molar-refractivity contribution in [1.29, 1.82) is 0 Å². The highest BCUT2D eigenvalue weighted by Gasteiger charge is 2.20. The lowest BCUT2D eigenvalue weighted by Crippen LogP contribution is -2.33. The van der Waals surface area contributed by atoms with Crippen molar-refractivity contribution in [2.24, 2.45) is 0 Å². The van der Waals surface area contributed by atoms with Crippen LogP contribution >= 0.6 is 0 Å². The summed E-state index contributed by atoms with van der Waals surface area (Å²) in [6.45, 7) is 6.62. The molecule has 2 aromatic rings. The first-order valence-corrected chi connectivity index (χ1v) is 10.1. The van der Waals surface area contributed by atoms with Crippen LogP contribution in [0.5, 0.6) is 0 Å². The van der Waals surface area contributed by atoms with Gasteiger partial charge in [0.25, 0.3) is 11.5 Å². The standard InChI is InChI=1S/C21H28N4O3/c1-4-25-18-17(20(27)24-21(25)28)15(12-16(23-18)13(2)3)19(26)22-11-10-14-8-6-5-7-9-14/h8,12-13H,4-7,9-11H2,1-3H3,(H,22,26)(H,24,27,28). The lowest BCUT2D eigenvalue weighted by molar-refractivity contribution is 0.0955. The number of carbonyl (C=O) groups is 1. The Morgan fingerprint density at radius 1 is 1.32 bits per heavy atom. The Labute approximate surface area is 163 Å². The second kappa shape index (κ2) is 8.54. The summed E-state index contributed by atoms with van der Waals surface area (Å²) in [6, 6.07) is 1.67. The van der Waals surface area contributed by atoms with Crippen LogP contribution in [0.15, 0.2) is 27.3 Å². The Hall–Kier alpha value is -2.70. The van der Waals surface area contributed by atoms with E-state index < -0.39 is 11.2 Å². The van der Waals surface area contributed by atoms with E-state index in [9.17, 15) is 14.4 Å². The van der Waals surface area contributed by atoms with Crippen LogP contribution in [0.25, 0.3) is 11.0 Å². The fourth-order valence-corrected chi connectivity index (χ4v) is 3.63. The molecule has 2 heterocycles. The van der Waals surface area contributed by atoms with E-state index in [1.165, 1.54) is 23.0 Å². The first-order valence-electron chi connectivity index (χ1n) is 10.1. The minimum absolute atomic E-state index is 0.0584. The molecule has 0 saturated heterocycles. The highest BCUT2D eigenvalue weighted by atomic mass is 16.2. The van der Waals surface area contributed by atoms with Gasteiger partial charge in [0.05, 0.1) is 10.9 Å². The highest BCUT2D eigenvalue weighted by Crippen LogP contribution is 2.21. The van der Waals surface area contributed by atoms with E-state index in [4.69, 9.17) is 0 Å². The molecule has 0 unspecified atom stereocenters. The molecule has 0 radical (unpaired) electrons. The van der Waals surface area contributed by atoms with Crippen molar-refractivity contribution >= 4 is 16.9 Å². The maximum Gasteiger partial charge on any atom is 0.329 e. The Balaban J connectivity index is 1.98. The number of nitrogens with one attached hydrogen (secondary N) is 2. The van der Waals surface area contributed by atoms with E-state index in [1.54, 1.807) is 13.0 Å². The summed E-state index contributed by atoms with van der Waals surface area (Å²) in [5.41, 5.74) is 1.51. The summed E-state index contributed by atoms with van der Waals surface area (Å²) in [5, 5.41) is 3.10. The molecule has 0 bridgehead atoms. The molecule has 7 nitrogen and oxygen atoms in total. The number of amides is 1. The molecule has 2 N–H and O–H groups in total. The van der Waals surface area contributed by atoms with Gasteiger partial charge in [0.15, 0.2) is 5.65 Å². The molecule has 28 heavy (non-hydrogen) atoms. The Morgan fingerprint density at radius 2 is 2.11 bits per heavy atom. The van der Waals surface area contributed by atoms with E-state index in [0.717, 1.165) is 19.3 Å². The van der Waals surface area contributed by atoms with Crippen molar-refractivity contribution in [2.45, 2.75) is 65.3 Å². The van der Waals surface area contributed by atoms with Crippen LogP contribution in [-0.4, -0.2) is 27.0 Å². The number of aryl methyl sites for hydroxylation is 1. The monoisotopic (exact) mass is 384 g/mol. The smallest absolute Gasteiger partial charge is 0.329 e. The molecule has 3 rings (SSSR count). The molecule has 0 saturated carbocycles. The summed E-state index contributed by atoms with van der Waals surface area (Å²) < 4.78 is 1.40. The molecule has 150 valence electrons. The van der Waals surface area contributed by atoms with Gasteiger partial charge >= 0.3 is 5.69 Å². The molecule has 7 heteroatoms. The van der Waals surface area contributed by atoms with E-state index in [0.29, 0.717) is 18.8 Å². The number of hydrogen-bond donors (Lipinski definition) is 2. The Kier molecular flexibility index (Phi) is 6.11. The molecule has 0 fully saturated rings. The predicted octanol–water partition coefficient (Wildman–Crippen LogP) is 2.85. The van der Waals surface area contributed by atoms with E-state index >= 15 is 0 Å². The van der Waals surface area contributed by atoms with Crippen LogP contribution < -0.4 is 16.6 Å². The number of hydrogen-bond acceptors (Lipinski definition) is 4. The van der Waals surface area contributed by atoms with Gasteiger partial charge in [-0.1, -0.05) is 25.5 Å². The van der Waals surface area contributed by atoms with Crippen molar-refractivity contribution in [3.8, 4) is 0 Å². The second-order valence-electron chi connectivity index (χ2n) is 7.57. The first-order chi connectivity index (χ1) is 13.4. The van der Waals surface area contributed by atoms with Crippen molar-refractivity contribution in [1.82, 2.24) is 19.9 Å². The lowest BCUT2D eigenvalue weighted by Gasteiger charge is -2.15. The summed E-state index contributed by atoms with van der Waals surface area (Å²) in [5.74, 6) is -0.249. The lowest BCUT2D eigenvalue weighted by atomic mass is 9.97. The van der Waals surface area contributed by atoms with Gasteiger partial charge in [-0.2, -0.15) is 0 Å². The van der Waals surface area contributed by atoms with Crippen LogP contribution in [0.4, 0.5) is 0 Å². The maximum absolute atomic E-state index is 12.9. The molecular weight excluding hydrogens is 356 g/mol. The first kappa shape index (κ1) is 20.0. The maximum atomic E-state index is 12.9. The fraction of sp³-hybridized carbons (Fsp3) is 0.524. The molecule has 0 spiro atoms. The van der Waals surface area contributed by atoms with Gasteiger partial charge in [0.2, 0.25) is 0 Å². The van der Waals surface area contributed by atoms with Gasteiger partial charge in [-0.3, -0.25) is 19.1 Å². The molecule has 1 aliphatic carbocycles. The van der Waals surface area contributed by atoms with Crippen LogP contribution in [0.2, 0.25) is 0 Å². The molecule has 1 amide bonds. The number of aromatic amines is 1. The number of rotatable bonds is 6. The summed E-state index contributed by atoms with van der Waals surface area (Å²) in [6.07, 6.45) is 7.73. The number of allylic oxidation sites excluding steroid dienone is 1. The number of nitrogens with zero attached hydrogens (tertiary/aromatic N) is 2. The van der Waals surface area contributed by atoms with Crippen LogP contribution in [0.3, 0.4) is 0 Å². The van der Waals surface area contributed by atoms with Gasteiger partial charge in [-0.25, -0.2) is 9.78 Å². The number of pyridine rings is 1. The van der Waals surface area contributed by atoms with Gasteiger partial charge in [0, 0.05) is 18.8 Å². The van der Waals surface area contributed by atoms with E-state index in [1.807, 2.05) is 13.8 Å². The zero-order valence-electron chi connectivity index (χ0n) is 16.8. The normalized spacial score (nSPS) is 14.4. The zero-order chi connectivity index (χ0) is 20.3. The van der Waals surface area contributed by atoms with E-state index in [-0.39, 0.29) is 28.4 Å².